The smallest absolute Gasteiger partial charge is 0.194 e. The van der Waals surface area contributed by atoms with Gasteiger partial charge in [0.15, 0.2) is 5.96 Å². The average molecular weight is 540 g/mol. The number of hydrogen-bond acceptors (Lipinski definition) is 3. The third kappa shape index (κ3) is 5.63. The molecule has 3 aromatic rings. The lowest BCUT2D eigenvalue weighted by Crippen LogP contribution is -2.52. The first-order valence-electron chi connectivity index (χ1n) is 10.3. The number of aromatic amines is 1. The summed E-state index contributed by atoms with van der Waals surface area (Å²) in [5.74, 6) is 0.945. The SMILES string of the molecule is CCNC(=NCCc1nc2ccccc2[nH]1)N1CCN(c2cc(F)ccc2F)CC1.I. The van der Waals surface area contributed by atoms with E-state index < -0.39 is 11.6 Å². The number of nitrogens with zero attached hydrogens (tertiary/aromatic N) is 4. The number of H-pyrrole nitrogens is 1. The molecule has 0 saturated carbocycles. The maximum atomic E-state index is 14.1. The number of imidazole rings is 1. The molecule has 1 fully saturated rings. The Bertz CT molecular complexity index is 997. The van der Waals surface area contributed by atoms with Crippen LogP contribution in [0, 0.1) is 11.6 Å². The number of para-hydroxylation sites is 2. The van der Waals surface area contributed by atoms with Crippen LogP contribution in [0.2, 0.25) is 0 Å². The quantitative estimate of drug-likeness (QED) is 0.294. The highest BCUT2D eigenvalue weighted by Crippen LogP contribution is 2.22. The number of aliphatic imine (C=N–C) groups is 1. The zero-order valence-electron chi connectivity index (χ0n) is 17.4. The monoisotopic (exact) mass is 540 g/mol. The van der Waals surface area contributed by atoms with Crippen molar-refractivity contribution in [2.24, 2.45) is 4.99 Å². The molecule has 1 aliphatic heterocycles. The van der Waals surface area contributed by atoms with Crippen molar-refractivity contribution in [3.05, 3.63) is 59.9 Å². The van der Waals surface area contributed by atoms with E-state index in [4.69, 9.17) is 4.99 Å². The first kappa shape index (κ1) is 23.2. The molecule has 1 aromatic heterocycles. The topological polar surface area (TPSA) is 59.6 Å². The summed E-state index contributed by atoms with van der Waals surface area (Å²) < 4.78 is 27.6. The molecule has 166 valence electrons. The van der Waals surface area contributed by atoms with Crippen LogP contribution in [0.15, 0.2) is 47.5 Å². The van der Waals surface area contributed by atoms with E-state index >= 15 is 0 Å². The van der Waals surface area contributed by atoms with Crippen LogP contribution in [0.3, 0.4) is 0 Å². The summed E-state index contributed by atoms with van der Waals surface area (Å²) in [5.41, 5.74) is 2.31. The fraction of sp³-hybridized carbons (Fsp3) is 0.364. The molecular weight excluding hydrogens is 513 g/mol. The molecular formula is C22H27F2IN6. The van der Waals surface area contributed by atoms with Gasteiger partial charge in [0.1, 0.15) is 17.5 Å². The Hall–Kier alpha value is -2.43. The van der Waals surface area contributed by atoms with Crippen molar-refractivity contribution in [3.8, 4) is 0 Å². The van der Waals surface area contributed by atoms with Gasteiger partial charge < -0.3 is 20.1 Å². The molecule has 1 saturated heterocycles. The van der Waals surface area contributed by atoms with Crippen molar-refractivity contribution in [2.45, 2.75) is 13.3 Å². The molecule has 0 bridgehead atoms. The van der Waals surface area contributed by atoms with E-state index in [-0.39, 0.29) is 24.0 Å². The van der Waals surface area contributed by atoms with Crippen LogP contribution < -0.4 is 10.2 Å². The Labute approximate surface area is 197 Å². The van der Waals surface area contributed by atoms with E-state index in [1.54, 1.807) is 0 Å². The summed E-state index contributed by atoms with van der Waals surface area (Å²) in [4.78, 5) is 16.7. The van der Waals surface area contributed by atoms with Crippen molar-refractivity contribution in [1.82, 2.24) is 20.2 Å². The summed E-state index contributed by atoms with van der Waals surface area (Å²) in [5, 5.41) is 3.33. The number of benzene rings is 2. The second kappa shape index (κ2) is 10.7. The molecule has 2 aromatic carbocycles. The number of hydrogen-bond donors (Lipinski definition) is 2. The van der Waals surface area contributed by atoms with Gasteiger partial charge in [-0.15, -0.1) is 24.0 Å². The van der Waals surface area contributed by atoms with Gasteiger partial charge in [0, 0.05) is 51.8 Å². The van der Waals surface area contributed by atoms with Crippen LogP contribution in [0.1, 0.15) is 12.7 Å². The van der Waals surface area contributed by atoms with E-state index in [1.165, 1.54) is 12.1 Å². The zero-order valence-corrected chi connectivity index (χ0v) is 19.8. The van der Waals surface area contributed by atoms with Gasteiger partial charge in [-0.2, -0.15) is 0 Å². The second-order valence-electron chi connectivity index (χ2n) is 7.26. The van der Waals surface area contributed by atoms with Crippen molar-refractivity contribution in [1.29, 1.82) is 0 Å². The van der Waals surface area contributed by atoms with Gasteiger partial charge in [-0.05, 0) is 31.2 Å². The fourth-order valence-electron chi connectivity index (χ4n) is 3.70. The molecule has 2 heterocycles. The molecule has 0 unspecified atom stereocenters. The molecule has 31 heavy (non-hydrogen) atoms. The van der Waals surface area contributed by atoms with Crippen molar-refractivity contribution in [2.75, 3.05) is 44.2 Å². The van der Waals surface area contributed by atoms with E-state index in [0.29, 0.717) is 38.4 Å². The van der Waals surface area contributed by atoms with Gasteiger partial charge in [-0.1, -0.05) is 12.1 Å². The molecule has 4 rings (SSSR count). The maximum absolute atomic E-state index is 14.1. The van der Waals surface area contributed by atoms with Gasteiger partial charge in [0.05, 0.1) is 16.7 Å². The van der Waals surface area contributed by atoms with Gasteiger partial charge in [-0.25, -0.2) is 13.8 Å². The second-order valence-corrected chi connectivity index (χ2v) is 7.26. The lowest BCUT2D eigenvalue weighted by molar-refractivity contribution is 0.370. The minimum absolute atomic E-state index is 0. The molecule has 9 heteroatoms. The summed E-state index contributed by atoms with van der Waals surface area (Å²) in [6, 6.07) is 11.6. The Morgan fingerprint density at radius 1 is 1.13 bits per heavy atom. The van der Waals surface area contributed by atoms with E-state index in [1.807, 2.05) is 36.1 Å². The number of rotatable bonds is 5. The minimum Gasteiger partial charge on any atom is -0.366 e. The fourth-order valence-corrected chi connectivity index (χ4v) is 3.70. The highest BCUT2D eigenvalue weighted by molar-refractivity contribution is 14.0. The molecule has 0 spiro atoms. The third-order valence-electron chi connectivity index (χ3n) is 5.21. The van der Waals surface area contributed by atoms with E-state index in [0.717, 1.165) is 41.8 Å². The van der Waals surface area contributed by atoms with Crippen LogP contribution in [0.25, 0.3) is 11.0 Å². The van der Waals surface area contributed by atoms with Crippen molar-refractivity contribution in [3.63, 3.8) is 0 Å². The van der Waals surface area contributed by atoms with Gasteiger partial charge in [-0.3, -0.25) is 4.99 Å². The van der Waals surface area contributed by atoms with Gasteiger partial charge in [0.25, 0.3) is 0 Å². The molecule has 0 aliphatic carbocycles. The molecule has 2 N–H and O–H groups in total. The van der Waals surface area contributed by atoms with Crippen molar-refractivity contribution < 1.29 is 8.78 Å². The standard InChI is InChI=1S/C22H26F2N6.HI/c1-2-25-22(26-10-9-21-27-18-5-3-4-6-19(18)28-21)30-13-11-29(12-14-30)20-15-16(23)7-8-17(20)24;/h3-8,15H,2,9-14H2,1H3,(H,25,26)(H,27,28);1H. The summed E-state index contributed by atoms with van der Waals surface area (Å²) in [6.07, 6.45) is 0.720. The predicted octanol–water partition coefficient (Wildman–Crippen LogP) is 3.79. The Morgan fingerprint density at radius 2 is 1.90 bits per heavy atom. The number of guanidine groups is 1. The van der Waals surface area contributed by atoms with Gasteiger partial charge in [0.2, 0.25) is 0 Å². The predicted molar refractivity (Wildman–Crippen MR) is 131 cm³/mol. The molecule has 0 amide bonds. The zero-order chi connectivity index (χ0) is 20.9. The lowest BCUT2D eigenvalue weighted by Gasteiger charge is -2.37. The summed E-state index contributed by atoms with van der Waals surface area (Å²) >= 11 is 0. The number of fused-ring (bicyclic) bond motifs is 1. The lowest BCUT2D eigenvalue weighted by atomic mass is 10.2. The van der Waals surface area contributed by atoms with E-state index in [2.05, 4.69) is 20.2 Å². The Kier molecular flexibility index (Phi) is 8.05. The number of nitrogens with one attached hydrogen (secondary N) is 2. The van der Waals surface area contributed by atoms with Crippen LogP contribution >= 0.6 is 24.0 Å². The molecule has 1 aliphatic rings. The van der Waals surface area contributed by atoms with Crippen LogP contribution in [0.4, 0.5) is 14.5 Å². The van der Waals surface area contributed by atoms with E-state index in [9.17, 15) is 8.78 Å². The summed E-state index contributed by atoms with van der Waals surface area (Å²) in [7, 11) is 0. The Morgan fingerprint density at radius 3 is 2.65 bits per heavy atom. The van der Waals surface area contributed by atoms with Gasteiger partial charge >= 0.3 is 0 Å². The maximum Gasteiger partial charge on any atom is 0.194 e. The third-order valence-corrected chi connectivity index (χ3v) is 5.21. The normalized spacial score (nSPS) is 14.6. The molecule has 0 radical (unpaired) electrons. The number of piperazine rings is 1. The first-order valence-corrected chi connectivity index (χ1v) is 10.3. The van der Waals surface area contributed by atoms with Crippen LogP contribution in [-0.2, 0) is 6.42 Å². The average Bonchev–Trinajstić information content (AvgIpc) is 3.18. The Balaban J connectivity index is 0.00000272. The van der Waals surface area contributed by atoms with Crippen LogP contribution in [0.5, 0.6) is 0 Å². The van der Waals surface area contributed by atoms with Crippen LogP contribution in [-0.4, -0.2) is 60.1 Å². The molecule has 0 atom stereocenters. The first-order chi connectivity index (χ1) is 14.6. The van der Waals surface area contributed by atoms with Crippen molar-refractivity contribution >= 4 is 46.7 Å². The highest BCUT2D eigenvalue weighted by atomic mass is 127. The number of anilines is 1. The highest BCUT2D eigenvalue weighted by Gasteiger charge is 2.22. The molecule has 6 nitrogen and oxygen atoms in total. The number of halogens is 3. The minimum atomic E-state index is -0.422. The number of aromatic nitrogens is 2. The summed E-state index contributed by atoms with van der Waals surface area (Å²) in [6.45, 7) is 6.00. The largest absolute Gasteiger partial charge is 0.366 e.